The summed E-state index contributed by atoms with van der Waals surface area (Å²) in [6.45, 7) is 6.59. The molecule has 5 heteroatoms. The minimum Gasteiger partial charge on any atom is -0.504 e. The average molecular weight is 265 g/mol. The molecule has 5 nitrogen and oxygen atoms in total. The van der Waals surface area contributed by atoms with Gasteiger partial charge < -0.3 is 19.9 Å². The van der Waals surface area contributed by atoms with Crippen LogP contribution in [0.1, 0.15) is 32.4 Å². The van der Waals surface area contributed by atoms with E-state index in [4.69, 9.17) is 9.47 Å². The number of amides is 1. The molecule has 1 atom stereocenters. The summed E-state index contributed by atoms with van der Waals surface area (Å²) in [6.07, 6.45) is -0.467. The van der Waals surface area contributed by atoms with Crippen LogP contribution in [0.2, 0.25) is 0 Å². The van der Waals surface area contributed by atoms with Crippen LogP contribution in [-0.2, 0) is 4.74 Å². The van der Waals surface area contributed by atoms with Gasteiger partial charge in [-0.05, 0) is 13.0 Å². The van der Waals surface area contributed by atoms with Gasteiger partial charge in [0.05, 0.1) is 12.6 Å². The van der Waals surface area contributed by atoms with Gasteiger partial charge in [0.25, 0.3) is 0 Å². The molecule has 1 aliphatic rings. The number of hydrogen-bond acceptors (Lipinski definition) is 4. The zero-order valence-corrected chi connectivity index (χ0v) is 11.4. The molecule has 0 unspecified atom stereocenters. The van der Waals surface area contributed by atoms with Crippen molar-refractivity contribution in [3.05, 3.63) is 23.8 Å². The summed E-state index contributed by atoms with van der Waals surface area (Å²) in [5, 5.41) is 13.0. The summed E-state index contributed by atoms with van der Waals surface area (Å²) in [6, 6.07) is 4.98. The third-order valence-electron chi connectivity index (χ3n) is 3.26. The summed E-state index contributed by atoms with van der Waals surface area (Å²) >= 11 is 0. The van der Waals surface area contributed by atoms with Crippen LogP contribution in [0, 0.1) is 5.41 Å². The largest absolute Gasteiger partial charge is 0.504 e. The monoisotopic (exact) mass is 265 g/mol. The molecule has 19 heavy (non-hydrogen) atoms. The van der Waals surface area contributed by atoms with Crippen molar-refractivity contribution in [3.63, 3.8) is 0 Å². The molecule has 1 fully saturated rings. The van der Waals surface area contributed by atoms with Crippen LogP contribution in [0.15, 0.2) is 18.2 Å². The lowest BCUT2D eigenvalue weighted by Crippen LogP contribution is -2.46. The summed E-state index contributed by atoms with van der Waals surface area (Å²) < 4.78 is 10.4. The second-order valence-corrected chi connectivity index (χ2v) is 5.27. The molecule has 2 rings (SSSR count). The van der Waals surface area contributed by atoms with Crippen molar-refractivity contribution in [3.8, 4) is 11.5 Å². The van der Waals surface area contributed by atoms with Crippen molar-refractivity contribution in [1.29, 1.82) is 0 Å². The first-order valence-electron chi connectivity index (χ1n) is 6.33. The van der Waals surface area contributed by atoms with Crippen molar-refractivity contribution in [1.82, 2.24) is 5.32 Å². The standard InChI is InChI=1S/C14H19NO4/c1-4-18-10-7-5-6-9(11(10)16)12-14(2,3)8-19-13(17)15-12/h5-7,12,16H,4,8H2,1-3H3,(H,15,17)/t12-/m0/s1. The van der Waals surface area contributed by atoms with Gasteiger partial charge in [-0.2, -0.15) is 0 Å². The number of alkyl carbamates (subject to hydrolysis) is 1. The normalized spacial score (nSPS) is 21.4. The molecule has 0 aromatic heterocycles. The van der Waals surface area contributed by atoms with Gasteiger partial charge in [-0.25, -0.2) is 4.79 Å². The molecule has 0 spiro atoms. The van der Waals surface area contributed by atoms with Gasteiger partial charge in [0.2, 0.25) is 0 Å². The maximum Gasteiger partial charge on any atom is 0.407 e. The zero-order chi connectivity index (χ0) is 14.0. The van der Waals surface area contributed by atoms with Crippen LogP contribution < -0.4 is 10.1 Å². The third-order valence-corrected chi connectivity index (χ3v) is 3.26. The van der Waals surface area contributed by atoms with Crippen LogP contribution in [-0.4, -0.2) is 24.4 Å². The van der Waals surface area contributed by atoms with E-state index < -0.39 is 6.09 Å². The molecule has 104 valence electrons. The predicted molar refractivity (Wildman–Crippen MR) is 70.3 cm³/mol. The van der Waals surface area contributed by atoms with E-state index in [-0.39, 0.29) is 17.2 Å². The Morgan fingerprint density at radius 3 is 2.95 bits per heavy atom. The Morgan fingerprint density at radius 1 is 1.53 bits per heavy atom. The van der Waals surface area contributed by atoms with Crippen molar-refractivity contribution in [2.45, 2.75) is 26.8 Å². The highest BCUT2D eigenvalue weighted by atomic mass is 16.6. The Labute approximate surface area is 112 Å². The second kappa shape index (κ2) is 4.99. The predicted octanol–water partition coefficient (Wildman–Crippen LogP) is 2.60. The van der Waals surface area contributed by atoms with E-state index in [2.05, 4.69) is 5.32 Å². The Balaban J connectivity index is 2.39. The molecule has 1 saturated heterocycles. The number of aromatic hydroxyl groups is 1. The van der Waals surface area contributed by atoms with Gasteiger partial charge in [-0.1, -0.05) is 26.0 Å². The molecular formula is C14H19NO4. The number of carbonyl (C=O) groups is 1. The molecule has 1 heterocycles. The number of phenols is 1. The van der Waals surface area contributed by atoms with Crippen molar-refractivity contribution < 1.29 is 19.4 Å². The summed E-state index contributed by atoms with van der Waals surface area (Å²) in [4.78, 5) is 11.4. The van der Waals surface area contributed by atoms with Crippen LogP contribution >= 0.6 is 0 Å². The number of rotatable bonds is 3. The molecule has 2 N–H and O–H groups in total. The molecular weight excluding hydrogens is 246 g/mol. The van der Waals surface area contributed by atoms with Crippen molar-refractivity contribution in [2.24, 2.45) is 5.41 Å². The SMILES string of the molecule is CCOc1cccc([C@@H]2NC(=O)OCC2(C)C)c1O. The number of nitrogens with one attached hydrogen (secondary N) is 1. The fourth-order valence-electron chi connectivity index (χ4n) is 2.23. The molecule has 1 aromatic rings. The van der Waals surface area contributed by atoms with E-state index in [9.17, 15) is 9.90 Å². The van der Waals surface area contributed by atoms with Gasteiger partial charge in [-0.3, -0.25) is 0 Å². The van der Waals surface area contributed by atoms with E-state index >= 15 is 0 Å². The van der Waals surface area contributed by atoms with Crippen LogP contribution in [0.25, 0.3) is 0 Å². The van der Waals surface area contributed by atoms with E-state index in [1.807, 2.05) is 20.8 Å². The third kappa shape index (κ3) is 2.59. The lowest BCUT2D eigenvalue weighted by Gasteiger charge is -2.38. The van der Waals surface area contributed by atoms with Crippen LogP contribution in [0.3, 0.4) is 0 Å². The highest BCUT2D eigenvalue weighted by molar-refractivity contribution is 5.69. The smallest absolute Gasteiger partial charge is 0.407 e. The highest BCUT2D eigenvalue weighted by Gasteiger charge is 2.39. The lowest BCUT2D eigenvalue weighted by atomic mass is 9.80. The Morgan fingerprint density at radius 2 is 2.26 bits per heavy atom. The second-order valence-electron chi connectivity index (χ2n) is 5.27. The summed E-state index contributed by atoms with van der Waals surface area (Å²) in [5.41, 5.74) is 0.337. The fraction of sp³-hybridized carbons (Fsp3) is 0.500. The first-order chi connectivity index (χ1) is 8.95. The first kappa shape index (κ1) is 13.5. The summed E-state index contributed by atoms with van der Waals surface area (Å²) in [5.74, 6) is 0.501. The summed E-state index contributed by atoms with van der Waals surface area (Å²) in [7, 11) is 0. The molecule has 0 saturated carbocycles. The van der Waals surface area contributed by atoms with E-state index in [0.29, 0.717) is 24.5 Å². The minimum absolute atomic E-state index is 0.0737. The molecule has 1 aliphatic heterocycles. The average Bonchev–Trinajstić information content (AvgIpc) is 2.36. The molecule has 0 radical (unpaired) electrons. The van der Waals surface area contributed by atoms with Gasteiger partial charge in [0.15, 0.2) is 11.5 Å². The quantitative estimate of drug-likeness (QED) is 0.881. The van der Waals surface area contributed by atoms with Crippen LogP contribution in [0.4, 0.5) is 4.79 Å². The maximum absolute atomic E-state index is 11.4. The number of carbonyl (C=O) groups excluding carboxylic acids is 1. The van der Waals surface area contributed by atoms with E-state index in [1.54, 1.807) is 18.2 Å². The molecule has 0 bridgehead atoms. The van der Waals surface area contributed by atoms with Gasteiger partial charge >= 0.3 is 6.09 Å². The number of para-hydroxylation sites is 1. The number of ether oxygens (including phenoxy) is 2. The topological polar surface area (TPSA) is 67.8 Å². The molecule has 1 amide bonds. The number of phenolic OH excluding ortho intramolecular Hbond substituents is 1. The van der Waals surface area contributed by atoms with Crippen LogP contribution in [0.5, 0.6) is 11.5 Å². The fourth-order valence-corrected chi connectivity index (χ4v) is 2.23. The highest BCUT2D eigenvalue weighted by Crippen LogP contribution is 2.42. The minimum atomic E-state index is -0.467. The number of hydrogen-bond donors (Lipinski definition) is 2. The lowest BCUT2D eigenvalue weighted by molar-refractivity contribution is 0.0380. The van der Waals surface area contributed by atoms with Crippen molar-refractivity contribution >= 4 is 6.09 Å². The number of benzene rings is 1. The number of cyclic esters (lactones) is 1. The van der Waals surface area contributed by atoms with Gasteiger partial charge in [0, 0.05) is 11.0 Å². The van der Waals surface area contributed by atoms with Gasteiger partial charge in [0.1, 0.15) is 6.61 Å². The first-order valence-corrected chi connectivity index (χ1v) is 6.33. The van der Waals surface area contributed by atoms with Crippen molar-refractivity contribution in [2.75, 3.05) is 13.2 Å². The zero-order valence-electron chi connectivity index (χ0n) is 11.4. The molecule has 1 aromatic carbocycles. The van der Waals surface area contributed by atoms with Gasteiger partial charge in [-0.15, -0.1) is 0 Å². The Kier molecular flexibility index (Phi) is 3.55. The van der Waals surface area contributed by atoms with E-state index in [0.717, 1.165) is 0 Å². The Hall–Kier alpha value is -1.91. The Bertz CT molecular complexity index is 484. The van der Waals surface area contributed by atoms with E-state index in [1.165, 1.54) is 0 Å². The maximum atomic E-state index is 11.4. The molecule has 0 aliphatic carbocycles.